The Balaban J connectivity index is 2.27. The number of unbranched alkanes of at least 4 members (excludes halogenated alkanes) is 12. The number of methoxy groups -OCH3 is 1. The SMILES string of the molecule is CC/C=C\CCCCOC(CCC(=O)OCCCCCCCN(CCCCCCCOC)CCCNSc1ccc(C)cc1)OCCCC/C=C\CC. The van der Waals surface area contributed by atoms with Gasteiger partial charge in [0.25, 0.3) is 0 Å². The Bertz CT molecular complexity index is 966. The van der Waals surface area contributed by atoms with Gasteiger partial charge in [0.1, 0.15) is 0 Å². The molecule has 0 amide bonds. The highest BCUT2D eigenvalue weighted by Crippen LogP contribution is 2.15. The van der Waals surface area contributed by atoms with E-state index in [1.807, 2.05) is 0 Å². The van der Waals surface area contributed by atoms with Crippen LogP contribution in [0.4, 0.5) is 0 Å². The van der Waals surface area contributed by atoms with Crippen LogP contribution in [0.15, 0.2) is 53.5 Å². The first kappa shape index (κ1) is 49.3. The minimum atomic E-state index is -0.339. The fraction of sp³-hybridized carbons (Fsp3) is 0.756. The van der Waals surface area contributed by atoms with Crippen LogP contribution in [-0.2, 0) is 23.7 Å². The molecule has 8 heteroatoms. The lowest BCUT2D eigenvalue weighted by atomic mass is 10.1. The molecule has 1 aromatic carbocycles. The molecule has 0 aliphatic rings. The van der Waals surface area contributed by atoms with E-state index in [1.165, 1.54) is 74.9 Å². The van der Waals surface area contributed by atoms with Gasteiger partial charge < -0.3 is 23.8 Å². The number of aryl methyl sites for hydroxylation is 1. The van der Waals surface area contributed by atoms with Crippen molar-refractivity contribution >= 4 is 17.9 Å². The van der Waals surface area contributed by atoms with E-state index in [0.717, 1.165) is 90.3 Å². The van der Waals surface area contributed by atoms with Crippen molar-refractivity contribution in [1.82, 2.24) is 9.62 Å². The summed E-state index contributed by atoms with van der Waals surface area (Å²) in [5.74, 6) is -0.141. The number of esters is 1. The van der Waals surface area contributed by atoms with E-state index in [9.17, 15) is 4.79 Å². The molecule has 0 aliphatic heterocycles. The normalized spacial score (nSPS) is 12.0. The Morgan fingerprint density at radius 1 is 0.679 bits per heavy atom. The van der Waals surface area contributed by atoms with Gasteiger partial charge in [-0.2, -0.15) is 0 Å². The molecule has 7 nitrogen and oxygen atoms in total. The molecule has 0 radical (unpaired) electrons. The van der Waals surface area contributed by atoms with Gasteiger partial charge in [-0.25, -0.2) is 0 Å². The standard InChI is InChI=1S/C45H80N2O5S/c1-5-7-9-11-18-25-40-51-45(52-41-26-19-12-10-8-6-2)33-32-44(48)50-39-24-20-14-16-22-36-47(35-21-15-13-17-23-38-49-4)37-27-34-46-53-43-30-28-42(3)29-31-43/h7-10,28-31,45-46H,5-6,11-27,32-41H2,1-4H3/b9-7-,10-8-. The van der Waals surface area contributed by atoms with Crippen LogP contribution in [0.3, 0.4) is 0 Å². The van der Waals surface area contributed by atoms with Crippen LogP contribution in [0.2, 0.25) is 0 Å². The molecule has 0 saturated heterocycles. The largest absolute Gasteiger partial charge is 0.466 e. The second-order valence-corrected chi connectivity index (χ2v) is 15.2. The molecule has 1 aromatic rings. The number of allylic oxidation sites excluding steroid dienone is 4. The summed E-state index contributed by atoms with van der Waals surface area (Å²) >= 11 is 1.73. The maximum Gasteiger partial charge on any atom is 0.305 e. The van der Waals surface area contributed by atoms with Gasteiger partial charge in [0, 0.05) is 44.8 Å². The first-order valence-corrected chi connectivity index (χ1v) is 22.3. The van der Waals surface area contributed by atoms with E-state index in [2.05, 4.69) is 79.0 Å². The van der Waals surface area contributed by atoms with Crippen molar-refractivity contribution in [3.05, 3.63) is 54.1 Å². The molecule has 1 N–H and O–H groups in total. The molecular weight excluding hydrogens is 681 g/mol. The van der Waals surface area contributed by atoms with Gasteiger partial charge in [0.05, 0.1) is 13.0 Å². The third kappa shape index (κ3) is 33.4. The highest BCUT2D eigenvalue weighted by atomic mass is 32.2. The summed E-state index contributed by atoms with van der Waals surface area (Å²) in [6.45, 7) is 13.7. The summed E-state index contributed by atoms with van der Waals surface area (Å²) in [4.78, 5) is 16.5. The second-order valence-electron chi connectivity index (χ2n) is 14.2. The van der Waals surface area contributed by atoms with Gasteiger partial charge in [0.15, 0.2) is 6.29 Å². The third-order valence-electron chi connectivity index (χ3n) is 9.20. The fourth-order valence-electron chi connectivity index (χ4n) is 5.97. The first-order valence-electron chi connectivity index (χ1n) is 21.5. The van der Waals surface area contributed by atoms with E-state index < -0.39 is 0 Å². The lowest BCUT2D eigenvalue weighted by molar-refractivity contribution is -0.159. The quantitative estimate of drug-likeness (QED) is 0.0234. The lowest BCUT2D eigenvalue weighted by Crippen LogP contribution is -2.29. The topological polar surface area (TPSA) is 69.3 Å². The Hall–Kier alpha value is -1.68. The molecular formula is C45H80N2O5S. The molecule has 0 spiro atoms. The van der Waals surface area contributed by atoms with Crippen molar-refractivity contribution in [3.8, 4) is 0 Å². The molecule has 0 fully saturated rings. The van der Waals surface area contributed by atoms with E-state index in [0.29, 0.717) is 32.7 Å². The molecule has 0 saturated carbocycles. The van der Waals surface area contributed by atoms with Crippen LogP contribution in [0, 0.1) is 6.92 Å². The highest BCUT2D eigenvalue weighted by Gasteiger charge is 2.13. The van der Waals surface area contributed by atoms with Crippen LogP contribution in [-0.4, -0.2) is 76.9 Å². The van der Waals surface area contributed by atoms with E-state index >= 15 is 0 Å². The van der Waals surface area contributed by atoms with Gasteiger partial charge in [-0.15, -0.1) is 0 Å². The van der Waals surface area contributed by atoms with Crippen molar-refractivity contribution in [2.75, 3.05) is 59.7 Å². The molecule has 1 rings (SSSR count). The average Bonchev–Trinajstić information content (AvgIpc) is 3.16. The zero-order valence-electron chi connectivity index (χ0n) is 34.6. The number of benzene rings is 1. The molecule has 0 heterocycles. The van der Waals surface area contributed by atoms with Crippen LogP contribution in [0.25, 0.3) is 0 Å². The average molecular weight is 761 g/mol. The minimum absolute atomic E-state index is 0.141. The molecule has 0 aromatic heterocycles. The number of nitrogens with one attached hydrogen (secondary N) is 1. The summed E-state index contributed by atoms with van der Waals surface area (Å²) in [5.41, 5.74) is 1.30. The second kappa shape index (κ2) is 38.6. The van der Waals surface area contributed by atoms with E-state index in [-0.39, 0.29) is 12.3 Å². The number of hydrogen-bond acceptors (Lipinski definition) is 8. The maximum atomic E-state index is 12.5. The zero-order chi connectivity index (χ0) is 38.3. The molecule has 0 unspecified atom stereocenters. The van der Waals surface area contributed by atoms with Crippen molar-refractivity contribution in [2.24, 2.45) is 0 Å². The van der Waals surface area contributed by atoms with Gasteiger partial charge in [-0.05, 0) is 134 Å². The maximum absolute atomic E-state index is 12.5. The first-order chi connectivity index (χ1) is 26.1. The summed E-state index contributed by atoms with van der Waals surface area (Å²) in [7, 11) is 1.79. The van der Waals surface area contributed by atoms with Gasteiger partial charge >= 0.3 is 5.97 Å². The number of carbonyl (C=O) groups is 1. The Kier molecular flexibility index (Phi) is 35.9. The summed E-state index contributed by atoms with van der Waals surface area (Å²) < 4.78 is 26.5. The Labute approximate surface area is 330 Å². The summed E-state index contributed by atoms with van der Waals surface area (Å²) in [6, 6.07) is 8.71. The van der Waals surface area contributed by atoms with E-state index in [1.54, 1.807) is 19.1 Å². The molecule has 306 valence electrons. The van der Waals surface area contributed by atoms with Crippen LogP contribution < -0.4 is 4.72 Å². The third-order valence-corrected chi connectivity index (χ3v) is 10.1. The number of rotatable bonds is 39. The molecule has 53 heavy (non-hydrogen) atoms. The zero-order valence-corrected chi connectivity index (χ0v) is 35.4. The van der Waals surface area contributed by atoms with Crippen molar-refractivity contribution < 1.29 is 23.7 Å². The van der Waals surface area contributed by atoms with Crippen molar-refractivity contribution in [2.45, 2.75) is 167 Å². The minimum Gasteiger partial charge on any atom is -0.466 e. The number of hydrogen-bond donors (Lipinski definition) is 1. The molecule has 0 aliphatic carbocycles. The fourth-order valence-corrected chi connectivity index (χ4v) is 6.65. The number of ether oxygens (including phenoxy) is 4. The summed E-state index contributed by atoms with van der Waals surface area (Å²) in [5, 5.41) is 0. The van der Waals surface area contributed by atoms with Crippen LogP contribution >= 0.6 is 11.9 Å². The number of carbonyl (C=O) groups excluding carboxylic acids is 1. The van der Waals surface area contributed by atoms with Gasteiger partial charge in [-0.1, -0.05) is 94.4 Å². The smallest absolute Gasteiger partial charge is 0.305 e. The highest BCUT2D eigenvalue weighted by molar-refractivity contribution is 7.97. The lowest BCUT2D eigenvalue weighted by Gasteiger charge is -2.22. The number of nitrogens with zero attached hydrogens (tertiary/aromatic N) is 1. The van der Waals surface area contributed by atoms with Gasteiger partial charge in [0.2, 0.25) is 0 Å². The Morgan fingerprint density at radius 3 is 1.79 bits per heavy atom. The predicted molar refractivity (Wildman–Crippen MR) is 227 cm³/mol. The van der Waals surface area contributed by atoms with Crippen molar-refractivity contribution in [3.63, 3.8) is 0 Å². The summed E-state index contributed by atoms with van der Waals surface area (Å²) in [6.07, 6.45) is 31.2. The van der Waals surface area contributed by atoms with Crippen molar-refractivity contribution in [1.29, 1.82) is 0 Å². The molecule has 0 bridgehead atoms. The van der Waals surface area contributed by atoms with E-state index in [4.69, 9.17) is 18.9 Å². The van der Waals surface area contributed by atoms with Crippen LogP contribution in [0.1, 0.15) is 154 Å². The van der Waals surface area contributed by atoms with Gasteiger partial charge in [-0.3, -0.25) is 9.52 Å². The predicted octanol–water partition coefficient (Wildman–Crippen LogP) is 11.8. The Morgan fingerprint density at radius 2 is 1.21 bits per heavy atom. The van der Waals surface area contributed by atoms with Crippen LogP contribution in [0.5, 0.6) is 0 Å². The monoisotopic (exact) mass is 761 g/mol. The molecule has 0 atom stereocenters.